The molecule has 1 fully saturated rings. The Kier molecular flexibility index (Phi) is 6.06. The van der Waals surface area contributed by atoms with Crippen LogP contribution in [0.15, 0.2) is 40.7 Å². The van der Waals surface area contributed by atoms with Crippen molar-refractivity contribution in [1.29, 1.82) is 0 Å². The lowest BCUT2D eigenvalue weighted by Gasteiger charge is -2.35. The maximum atomic E-state index is 13.1. The third-order valence-corrected chi connectivity index (χ3v) is 5.07. The van der Waals surface area contributed by atoms with E-state index in [1.807, 2.05) is 13.0 Å². The topological polar surface area (TPSA) is 96.8 Å². The fourth-order valence-corrected chi connectivity index (χ4v) is 3.49. The minimum Gasteiger partial charge on any atom is -0.330 e. The summed E-state index contributed by atoms with van der Waals surface area (Å²) < 4.78 is 39.3. The summed E-state index contributed by atoms with van der Waals surface area (Å²) in [5.74, 6) is 5.35. The van der Waals surface area contributed by atoms with Gasteiger partial charge in [-0.25, -0.2) is 9.98 Å². The molecule has 2 aromatic heterocycles. The first-order valence-electron chi connectivity index (χ1n) is 8.94. The molecule has 1 saturated heterocycles. The van der Waals surface area contributed by atoms with Crippen molar-refractivity contribution in [3.05, 3.63) is 52.4 Å². The Labute approximate surface area is 175 Å². The molecule has 158 valence electrons. The van der Waals surface area contributed by atoms with Crippen LogP contribution in [-0.4, -0.2) is 44.8 Å². The second-order valence-electron chi connectivity index (χ2n) is 6.71. The first-order chi connectivity index (χ1) is 14.1. The number of hydrogen-bond acceptors (Lipinski definition) is 6. The molecule has 0 spiro atoms. The summed E-state index contributed by atoms with van der Waals surface area (Å²) in [6, 6.07) is 4.16. The average Bonchev–Trinajstić information content (AvgIpc) is 2.67. The number of pyridine rings is 2. The fraction of sp³-hybridized carbons (Fsp3) is 0.316. The van der Waals surface area contributed by atoms with E-state index >= 15 is 0 Å². The molecule has 1 atom stereocenters. The highest BCUT2D eigenvalue weighted by atomic mass is 35.5. The van der Waals surface area contributed by atoms with Crippen molar-refractivity contribution in [2.75, 3.05) is 6.54 Å². The van der Waals surface area contributed by atoms with Crippen LogP contribution in [0.3, 0.4) is 0 Å². The van der Waals surface area contributed by atoms with Gasteiger partial charge in [0.1, 0.15) is 5.71 Å². The zero-order valence-electron chi connectivity index (χ0n) is 16.1. The number of likely N-dealkylation sites (tertiary alicyclic amines) is 1. The molecule has 3 rings (SSSR count). The Bertz CT molecular complexity index is 1040. The van der Waals surface area contributed by atoms with E-state index in [1.165, 1.54) is 4.90 Å². The molecule has 1 amide bonds. The third-order valence-electron chi connectivity index (χ3n) is 4.69. The lowest BCUT2D eigenvalue weighted by molar-refractivity contribution is -0.141. The van der Waals surface area contributed by atoms with Gasteiger partial charge in [-0.1, -0.05) is 11.6 Å². The number of carbonyl (C=O) groups is 1. The predicted octanol–water partition coefficient (Wildman–Crippen LogP) is 3.78. The highest BCUT2D eigenvalue weighted by molar-refractivity contribution is 6.45. The summed E-state index contributed by atoms with van der Waals surface area (Å²) >= 11 is 5.86. The van der Waals surface area contributed by atoms with E-state index in [0.717, 1.165) is 17.8 Å². The van der Waals surface area contributed by atoms with Gasteiger partial charge in [-0.3, -0.25) is 9.78 Å². The van der Waals surface area contributed by atoms with Gasteiger partial charge in [-0.05, 0) is 37.6 Å². The highest BCUT2D eigenvalue weighted by Gasteiger charge is 2.39. The number of carbonyl (C=O) groups excluding carboxylic acids is 1. The maximum Gasteiger partial charge on any atom is 0.434 e. The molecular weight excluding hydrogens is 421 g/mol. The predicted molar refractivity (Wildman–Crippen MR) is 107 cm³/mol. The first kappa shape index (κ1) is 21.7. The van der Waals surface area contributed by atoms with E-state index < -0.39 is 28.8 Å². The SMILES string of the molecule is Cc1ccnc(N=C2CCN(C(=O)c3ccnc(C(F)(F)F)c3Cl)[C@H](C)C2=NN)c1. The van der Waals surface area contributed by atoms with Gasteiger partial charge in [0.25, 0.3) is 5.91 Å². The van der Waals surface area contributed by atoms with Gasteiger partial charge < -0.3 is 10.7 Å². The van der Waals surface area contributed by atoms with Crippen LogP contribution in [0.2, 0.25) is 5.02 Å². The van der Waals surface area contributed by atoms with Crippen molar-refractivity contribution in [3.8, 4) is 0 Å². The monoisotopic (exact) mass is 438 g/mol. The molecule has 11 heteroatoms. The van der Waals surface area contributed by atoms with Crippen molar-refractivity contribution in [2.45, 2.75) is 32.5 Å². The summed E-state index contributed by atoms with van der Waals surface area (Å²) in [7, 11) is 0. The van der Waals surface area contributed by atoms with Crippen LogP contribution in [0.1, 0.15) is 35.0 Å². The Balaban J connectivity index is 1.91. The van der Waals surface area contributed by atoms with E-state index in [0.29, 0.717) is 23.7 Å². The fourth-order valence-electron chi connectivity index (χ4n) is 3.19. The lowest BCUT2D eigenvalue weighted by atomic mass is 9.97. The van der Waals surface area contributed by atoms with Gasteiger partial charge >= 0.3 is 6.18 Å². The number of nitrogens with two attached hydrogens (primary N) is 1. The van der Waals surface area contributed by atoms with Crippen molar-refractivity contribution < 1.29 is 18.0 Å². The molecule has 0 bridgehead atoms. The molecule has 1 aliphatic heterocycles. The van der Waals surface area contributed by atoms with E-state index in [9.17, 15) is 18.0 Å². The van der Waals surface area contributed by atoms with Crippen LogP contribution in [-0.2, 0) is 6.18 Å². The van der Waals surface area contributed by atoms with Crippen molar-refractivity contribution >= 4 is 34.7 Å². The van der Waals surface area contributed by atoms with Crippen LogP contribution in [0.4, 0.5) is 19.0 Å². The van der Waals surface area contributed by atoms with Gasteiger partial charge in [0.2, 0.25) is 0 Å². The van der Waals surface area contributed by atoms with E-state index in [2.05, 4.69) is 20.1 Å². The summed E-state index contributed by atoms with van der Waals surface area (Å²) in [5.41, 5.74) is 0.287. The van der Waals surface area contributed by atoms with Crippen molar-refractivity contribution in [2.24, 2.45) is 15.9 Å². The molecule has 1 aliphatic rings. The smallest absolute Gasteiger partial charge is 0.330 e. The second kappa shape index (κ2) is 8.39. The maximum absolute atomic E-state index is 13.1. The van der Waals surface area contributed by atoms with Crippen molar-refractivity contribution in [1.82, 2.24) is 14.9 Å². The quantitative estimate of drug-likeness (QED) is 0.570. The number of halogens is 4. The molecule has 0 aliphatic carbocycles. The number of aryl methyl sites for hydroxylation is 1. The van der Waals surface area contributed by atoms with Crippen molar-refractivity contribution in [3.63, 3.8) is 0 Å². The van der Waals surface area contributed by atoms with Crippen LogP contribution in [0.5, 0.6) is 0 Å². The molecule has 30 heavy (non-hydrogen) atoms. The van der Waals surface area contributed by atoms with Crippen LogP contribution in [0.25, 0.3) is 0 Å². The summed E-state index contributed by atoms with van der Waals surface area (Å²) in [5, 5.41) is 3.03. The number of hydrazone groups is 1. The van der Waals surface area contributed by atoms with Crippen LogP contribution in [0, 0.1) is 6.92 Å². The molecule has 0 aromatic carbocycles. The van der Waals surface area contributed by atoms with Gasteiger partial charge in [0, 0.05) is 25.4 Å². The zero-order valence-corrected chi connectivity index (χ0v) is 16.9. The van der Waals surface area contributed by atoms with Gasteiger partial charge in [0.05, 0.1) is 22.3 Å². The Morgan fingerprint density at radius 2 is 2.00 bits per heavy atom. The number of aliphatic imine (C=N–C) groups is 1. The number of piperidine rings is 1. The number of alkyl halides is 3. The minimum atomic E-state index is -4.77. The van der Waals surface area contributed by atoms with Crippen LogP contribution < -0.4 is 5.84 Å². The highest BCUT2D eigenvalue weighted by Crippen LogP contribution is 2.35. The third kappa shape index (κ3) is 4.28. The number of rotatable bonds is 2. The standard InChI is InChI=1S/C19H18ClF3N6O/c1-10-3-6-25-14(9-10)27-13-5-8-29(11(2)16(13)28-24)18(30)12-4-7-26-17(15(12)20)19(21,22)23/h3-4,6-7,9,11H,5,8,24H2,1-2H3/t11-/m1/s1. The molecule has 0 unspecified atom stereocenters. The number of hydrogen-bond donors (Lipinski definition) is 1. The molecule has 2 aromatic rings. The normalized spacial score (nSPS) is 20.1. The van der Waals surface area contributed by atoms with E-state index in [4.69, 9.17) is 17.4 Å². The molecule has 2 N–H and O–H groups in total. The number of nitrogens with zero attached hydrogens (tertiary/aromatic N) is 5. The molecule has 7 nitrogen and oxygen atoms in total. The van der Waals surface area contributed by atoms with Crippen LogP contribution >= 0.6 is 11.6 Å². The average molecular weight is 439 g/mol. The Hall–Kier alpha value is -3.01. The zero-order chi connectivity index (χ0) is 22.1. The Morgan fingerprint density at radius 1 is 1.30 bits per heavy atom. The van der Waals surface area contributed by atoms with Gasteiger partial charge in [0.15, 0.2) is 11.5 Å². The number of amides is 1. The van der Waals surface area contributed by atoms with E-state index in [-0.39, 0.29) is 12.1 Å². The van der Waals surface area contributed by atoms with E-state index in [1.54, 1.807) is 19.2 Å². The summed E-state index contributed by atoms with van der Waals surface area (Å²) in [4.78, 5) is 26.3. The Morgan fingerprint density at radius 3 is 2.63 bits per heavy atom. The van der Waals surface area contributed by atoms with Gasteiger partial charge in [-0.2, -0.15) is 18.3 Å². The molecule has 0 radical (unpaired) electrons. The first-order valence-corrected chi connectivity index (χ1v) is 9.32. The second-order valence-corrected chi connectivity index (χ2v) is 7.09. The number of aromatic nitrogens is 2. The molecular formula is C19H18ClF3N6O. The lowest BCUT2D eigenvalue weighted by Crippen LogP contribution is -2.51. The summed E-state index contributed by atoms with van der Waals surface area (Å²) in [6.07, 6.45) is -1.94. The minimum absolute atomic E-state index is 0.198. The van der Waals surface area contributed by atoms with Gasteiger partial charge in [-0.15, -0.1) is 0 Å². The largest absolute Gasteiger partial charge is 0.434 e. The summed E-state index contributed by atoms with van der Waals surface area (Å²) in [6.45, 7) is 3.77. The molecule has 0 saturated carbocycles. The molecule has 3 heterocycles.